The number of fused-ring (bicyclic) bond motifs is 1. The Hall–Kier alpha value is -1.42. The summed E-state index contributed by atoms with van der Waals surface area (Å²) in [4.78, 5) is 16.4. The lowest BCUT2D eigenvalue weighted by Gasteiger charge is -2.29. The summed E-state index contributed by atoms with van der Waals surface area (Å²) >= 11 is 1.63. The Balaban J connectivity index is 1.82. The lowest BCUT2D eigenvalue weighted by molar-refractivity contribution is 0.0910. The molecule has 1 aliphatic rings. The number of hydrogen-bond donors (Lipinski definition) is 0. The van der Waals surface area contributed by atoms with Crippen molar-refractivity contribution in [3.8, 4) is 0 Å². The molecular formula is C15H18N2OS. The van der Waals surface area contributed by atoms with E-state index in [9.17, 15) is 4.79 Å². The number of Topliss-reactive ketones (excluding diaryl/α,β-unsaturated/α-hetero) is 1. The van der Waals surface area contributed by atoms with Crippen LogP contribution < -0.4 is 0 Å². The number of carbonyl (C=O) groups excluding carboxylic acids is 1. The van der Waals surface area contributed by atoms with Crippen molar-refractivity contribution in [3.05, 3.63) is 40.1 Å². The predicted octanol–water partition coefficient (Wildman–Crippen LogP) is 3.34. The van der Waals surface area contributed by atoms with E-state index in [-0.39, 0.29) is 5.41 Å². The highest BCUT2D eigenvalue weighted by Crippen LogP contribution is 2.35. The molecule has 0 N–H and O–H groups in total. The Labute approximate surface area is 117 Å². The van der Waals surface area contributed by atoms with Gasteiger partial charge in [-0.2, -0.15) is 0 Å². The number of aryl methyl sites for hydroxylation is 2. The first-order valence-corrected chi connectivity index (χ1v) is 7.58. The molecule has 2 aromatic rings. The molecule has 19 heavy (non-hydrogen) atoms. The van der Waals surface area contributed by atoms with E-state index in [0.717, 1.165) is 30.6 Å². The molecule has 100 valence electrons. The van der Waals surface area contributed by atoms with Gasteiger partial charge in [0.2, 0.25) is 0 Å². The molecule has 0 aromatic carbocycles. The van der Waals surface area contributed by atoms with Crippen LogP contribution in [0.1, 0.15) is 42.0 Å². The van der Waals surface area contributed by atoms with Crippen LogP contribution in [0.25, 0.3) is 0 Å². The second kappa shape index (κ2) is 4.60. The number of nitrogens with zero attached hydrogens (tertiary/aromatic N) is 2. The Bertz CT molecular complexity index is 596. The van der Waals surface area contributed by atoms with E-state index >= 15 is 0 Å². The summed E-state index contributed by atoms with van der Waals surface area (Å²) in [6.07, 6.45) is 4.63. The zero-order valence-corrected chi connectivity index (χ0v) is 12.2. The summed E-state index contributed by atoms with van der Waals surface area (Å²) in [5.74, 6) is 0.290. The van der Waals surface area contributed by atoms with Gasteiger partial charge < -0.3 is 4.57 Å². The quantitative estimate of drug-likeness (QED) is 0.860. The van der Waals surface area contributed by atoms with Gasteiger partial charge in [0, 0.05) is 42.2 Å². The van der Waals surface area contributed by atoms with E-state index in [1.807, 2.05) is 11.6 Å². The largest absolute Gasteiger partial charge is 0.350 e. The van der Waals surface area contributed by atoms with E-state index in [1.54, 1.807) is 11.3 Å². The maximum Gasteiger partial charge on any atom is 0.165 e. The smallest absolute Gasteiger partial charge is 0.165 e. The second-order valence-corrected chi connectivity index (χ2v) is 6.76. The van der Waals surface area contributed by atoms with Gasteiger partial charge in [-0.3, -0.25) is 4.79 Å². The lowest BCUT2D eigenvalue weighted by atomic mass is 9.76. The summed E-state index contributed by atoms with van der Waals surface area (Å²) in [5, 5.41) is 2.09. The molecule has 0 aliphatic heterocycles. The highest BCUT2D eigenvalue weighted by Gasteiger charge is 2.32. The number of carbonyl (C=O) groups is 1. The zero-order valence-electron chi connectivity index (χ0n) is 11.3. The fourth-order valence-corrected chi connectivity index (χ4v) is 3.40. The van der Waals surface area contributed by atoms with Gasteiger partial charge in [-0.05, 0) is 17.9 Å². The van der Waals surface area contributed by atoms with Gasteiger partial charge in [0.1, 0.15) is 0 Å². The first-order valence-electron chi connectivity index (χ1n) is 6.63. The van der Waals surface area contributed by atoms with Crippen LogP contribution in [0.2, 0.25) is 0 Å². The van der Waals surface area contributed by atoms with Crippen molar-refractivity contribution in [3.63, 3.8) is 0 Å². The van der Waals surface area contributed by atoms with Crippen molar-refractivity contribution in [1.82, 2.24) is 9.55 Å². The first-order chi connectivity index (χ1) is 9.05. The van der Waals surface area contributed by atoms with Gasteiger partial charge in [0.25, 0.3) is 0 Å². The van der Waals surface area contributed by atoms with Gasteiger partial charge >= 0.3 is 0 Å². The molecule has 3 rings (SSSR count). The molecule has 0 bridgehead atoms. The fraction of sp³-hybridized carbons (Fsp3) is 0.467. The summed E-state index contributed by atoms with van der Waals surface area (Å²) in [7, 11) is 0. The average molecular weight is 274 g/mol. The third kappa shape index (κ3) is 2.50. The SMILES string of the molecule is CC1(C)CC(=O)c2ccn(CCc3cscn3)c2C1. The topological polar surface area (TPSA) is 34.9 Å². The van der Waals surface area contributed by atoms with E-state index in [4.69, 9.17) is 0 Å². The van der Waals surface area contributed by atoms with Crippen LogP contribution >= 0.6 is 11.3 Å². The van der Waals surface area contributed by atoms with Gasteiger partial charge in [0.15, 0.2) is 5.78 Å². The maximum absolute atomic E-state index is 12.1. The molecule has 0 amide bonds. The van der Waals surface area contributed by atoms with Crippen LogP contribution in [0.4, 0.5) is 0 Å². The summed E-state index contributed by atoms with van der Waals surface area (Å²) < 4.78 is 2.23. The van der Waals surface area contributed by atoms with Crippen LogP contribution in [0.3, 0.4) is 0 Å². The van der Waals surface area contributed by atoms with Crippen molar-refractivity contribution in [1.29, 1.82) is 0 Å². The molecule has 0 spiro atoms. The van der Waals surface area contributed by atoms with Crippen molar-refractivity contribution in [2.45, 2.75) is 39.7 Å². The number of ketones is 1. The van der Waals surface area contributed by atoms with E-state index in [0.29, 0.717) is 12.2 Å². The Morgan fingerprint density at radius 2 is 2.26 bits per heavy atom. The van der Waals surface area contributed by atoms with E-state index in [1.165, 1.54) is 5.69 Å². The summed E-state index contributed by atoms with van der Waals surface area (Å²) in [5.41, 5.74) is 5.22. The number of thiazole rings is 1. The van der Waals surface area contributed by atoms with Crippen LogP contribution in [0.5, 0.6) is 0 Å². The molecule has 0 radical (unpaired) electrons. The molecule has 4 heteroatoms. The highest BCUT2D eigenvalue weighted by molar-refractivity contribution is 7.07. The van der Waals surface area contributed by atoms with E-state index in [2.05, 4.69) is 35.0 Å². The predicted molar refractivity (Wildman–Crippen MR) is 76.7 cm³/mol. The lowest BCUT2D eigenvalue weighted by Crippen LogP contribution is -2.28. The third-order valence-corrected chi connectivity index (χ3v) is 4.39. The number of aromatic nitrogens is 2. The zero-order chi connectivity index (χ0) is 13.5. The number of rotatable bonds is 3. The van der Waals surface area contributed by atoms with Crippen molar-refractivity contribution < 1.29 is 4.79 Å². The Kier molecular flexibility index (Phi) is 3.05. The van der Waals surface area contributed by atoms with Crippen molar-refractivity contribution in [2.24, 2.45) is 5.41 Å². The third-order valence-electron chi connectivity index (χ3n) is 3.76. The van der Waals surface area contributed by atoms with Gasteiger partial charge in [-0.25, -0.2) is 4.98 Å². The monoisotopic (exact) mass is 274 g/mol. The molecule has 0 saturated heterocycles. The van der Waals surface area contributed by atoms with Crippen LogP contribution in [-0.4, -0.2) is 15.3 Å². The first kappa shape index (κ1) is 12.6. The molecule has 1 aliphatic carbocycles. The minimum absolute atomic E-state index is 0.0841. The van der Waals surface area contributed by atoms with Gasteiger partial charge in [-0.1, -0.05) is 13.8 Å². The van der Waals surface area contributed by atoms with E-state index < -0.39 is 0 Å². The summed E-state index contributed by atoms with van der Waals surface area (Å²) in [6.45, 7) is 5.25. The van der Waals surface area contributed by atoms with Crippen molar-refractivity contribution >= 4 is 17.1 Å². The van der Waals surface area contributed by atoms with Crippen LogP contribution in [0, 0.1) is 5.41 Å². The molecular weight excluding hydrogens is 256 g/mol. The van der Waals surface area contributed by atoms with Crippen LogP contribution in [0.15, 0.2) is 23.2 Å². The molecule has 0 saturated carbocycles. The fourth-order valence-electron chi connectivity index (χ4n) is 2.81. The highest BCUT2D eigenvalue weighted by atomic mass is 32.1. The number of hydrogen-bond acceptors (Lipinski definition) is 3. The Morgan fingerprint density at radius 1 is 1.42 bits per heavy atom. The summed E-state index contributed by atoms with van der Waals surface area (Å²) in [6, 6.07) is 1.98. The normalized spacial score (nSPS) is 17.5. The Morgan fingerprint density at radius 3 is 3.00 bits per heavy atom. The average Bonchev–Trinajstić information content (AvgIpc) is 2.93. The molecule has 3 nitrogen and oxygen atoms in total. The maximum atomic E-state index is 12.1. The van der Waals surface area contributed by atoms with Gasteiger partial charge in [-0.15, -0.1) is 11.3 Å². The standard InChI is InChI=1S/C15H18N2OS/c1-15(2)7-13-12(14(18)8-15)4-6-17(13)5-3-11-9-19-10-16-11/h4,6,9-10H,3,5,7-8H2,1-2H3. The molecule has 2 heterocycles. The van der Waals surface area contributed by atoms with Gasteiger partial charge in [0.05, 0.1) is 11.2 Å². The van der Waals surface area contributed by atoms with Crippen LogP contribution in [-0.2, 0) is 19.4 Å². The second-order valence-electron chi connectivity index (χ2n) is 6.04. The minimum Gasteiger partial charge on any atom is -0.350 e. The molecule has 0 atom stereocenters. The molecule has 0 unspecified atom stereocenters. The van der Waals surface area contributed by atoms with Crippen molar-refractivity contribution in [2.75, 3.05) is 0 Å². The molecule has 0 fully saturated rings. The molecule has 2 aromatic heterocycles. The minimum atomic E-state index is 0.0841.